The molecule has 2 unspecified atom stereocenters. The number of nitrogens with zero attached hydrogens (tertiary/aromatic N) is 4. The van der Waals surface area contributed by atoms with E-state index in [1.165, 1.54) is 11.7 Å². The molecule has 98 valence electrons. The van der Waals surface area contributed by atoms with Gasteiger partial charge in [0.2, 0.25) is 5.82 Å². The van der Waals surface area contributed by atoms with Crippen molar-refractivity contribution in [1.29, 1.82) is 0 Å². The topological polar surface area (TPSA) is 72.2 Å². The van der Waals surface area contributed by atoms with Crippen LogP contribution in [0, 0.1) is 11.8 Å². The van der Waals surface area contributed by atoms with E-state index in [2.05, 4.69) is 10.4 Å². The second-order valence-corrected chi connectivity index (χ2v) is 5.18. The van der Waals surface area contributed by atoms with Gasteiger partial charge < -0.3 is 10.2 Å². The van der Waals surface area contributed by atoms with Crippen LogP contribution in [0.25, 0.3) is 0 Å². The van der Waals surface area contributed by atoms with Gasteiger partial charge in [0.25, 0.3) is 5.56 Å². The molecule has 2 fully saturated rings. The third-order valence-corrected chi connectivity index (χ3v) is 3.99. The number of hydrogen-bond acceptors (Lipinski definition) is 5. The molecular formula is C11H17N5O2. The van der Waals surface area contributed by atoms with Crippen molar-refractivity contribution in [3.63, 3.8) is 0 Å². The second-order valence-electron chi connectivity index (χ2n) is 5.18. The Hall–Kier alpha value is -1.63. The average Bonchev–Trinajstić information content (AvgIpc) is 2.91. The molecule has 7 nitrogen and oxygen atoms in total. The van der Waals surface area contributed by atoms with Gasteiger partial charge in [-0.25, -0.2) is 9.48 Å². The number of fused-ring (bicyclic) bond motifs is 1. The molecule has 1 aromatic rings. The van der Waals surface area contributed by atoms with Crippen molar-refractivity contribution in [2.24, 2.45) is 25.9 Å². The number of rotatable bonds is 1. The largest absolute Gasteiger partial charge is 0.350 e. The van der Waals surface area contributed by atoms with E-state index in [1.54, 1.807) is 7.05 Å². The molecule has 3 rings (SSSR count). The number of hydrogen-bond donors (Lipinski definition) is 1. The van der Waals surface area contributed by atoms with Crippen LogP contribution in [-0.4, -0.2) is 40.5 Å². The number of anilines is 1. The van der Waals surface area contributed by atoms with E-state index in [1.807, 2.05) is 4.90 Å². The van der Waals surface area contributed by atoms with Gasteiger partial charge in [-0.05, 0) is 11.8 Å². The molecule has 0 amide bonds. The summed E-state index contributed by atoms with van der Waals surface area (Å²) < 4.78 is 2.35. The zero-order valence-electron chi connectivity index (χ0n) is 10.6. The van der Waals surface area contributed by atoms with Gasteiger partial charge in [0, 0.05) is 40.3 Å². The fourth-order valence-electron chi connectivity index (χ4n) is 2.91. The summed E-state index contributed by atoms with van der Waals surface area (Å²) in [4.78, 5) is 25.7. The molecule has 0 aromatic carbocycles. The van der Waals surface area contributed by atoms with Gasteiger partial charge in [0.1, 0.15) is 0 Å². The number of aryl methyl sites for hydroxylation is 1. The molecule has 0 spiro atoms. The van der Waals surface area contributed by atoms with Crippen LogP contribution in [0.1, 0.15) is 0 Å². The first-order valence-electron chi connectivity index (χ1n) is 6.18. The molecule has 2 atom stereocenters. The van der Waals surface area contributed by atoms with Crippen LogP contribution < -0.4 is 21.5 Å². The van der Waals surface area contributed by atoms with E-state index >= 15 is 0 Å². The Kier molecular flexibility index (Phi) is 2.51. The Morgan fingerprint density at radius 2 is 1.78 bits per heavy atom. The zero-order valence-corrected chi connectivity index (χ0v) is 10.6. The van der Waals surface area contributed by atoms with Gasteiger partial charge in [0.05, 0.1) is 0 Å². The maximum absolute atomic E-state index is 12.1. The monoisotopic (exact) mass is 251 g/mol. The smallest absolute Gasteiger partial charge is 0.346 e. The lowest BCUT2D eigenvalue weighted by Crippen LogP contribution is -2.43. The molecule has 1 N–H and O–H groups in total. The van der Waals surface area contributed by atoms with Gasteiger partial charge in [0.15, 0.2) is 0 Å². The minimum Gasteiger partial charge on any atom is -0.350 e. The summed E-state index contributed by atoms with van der Waals surface area (Å²) in [6.07, 6.45) is 0. The Balaban J connectivity index is 1.99. The third kappa shape index (κ3) is 1.58. The Morgan fingerprint density at radius 3 is 2.39 bits per heavy atom. The first-order chi connectivity index (χ1) is 8.58. The van der Waals surface area contributed by atoms with E-state index in [0.717, 1.165) is 30.7 Å². The minimum atomic E-state index is -0.384. The van der Waals surface area contributed by atoms with Crippen LogP contribution in [0.5, 0.6) is 0 Å². The van der Waals surface area contributed by atoms with E-state index in [-0.39, 0.29) is 11.2 Å². The first kappa shape index (κ1) is 11.5. The summed E-state index contributed by atoms with van der Waals surface area (Å²) in [5.41, 5.74) is -0.684. The Bertz CT molecular complexity index is 578. The fraction of sp³-hybridized carbons (Fsp3) is 0.727. The highest BCUT2D eigenvalue weighted by Gasteiger charge is 2.37. The molecule has 1 aromatic heterocycles. The fourth-order valence-corrected chi connectivity index (χ4v) is 2.91. The van der Waals surface area contributed by atoms with Crippen LogP contribution in [0.3, 0.4) is 0 Å². The van der Waals surface area contributed by atoms with Gasteiger partial charge in [-0.2, -0.15) is 0 Å². The molecule has 0 radical (unpaired) electrons. The van der Waals surface area contributed by atoms with Crippen molar-refractivity contribution in [1.82, 2.24) is 19.7 Å². The highest BCUT2D eigenvalue weighted by Crippen LogP contribution is 2.27. The highest BCUT2D eigenvalue weighted by molar-refractivity contribution is 5.37. The lowest BCUT2D eigenvalue weighted by molar-refractivity contribution is 0.533. The van der Waals surface area contributed by atoms with Gasteiger partial charge in [-0.15, -0.1) is 5.10 Å². The summed E-state index contributed by atoms with van der Waals surface area (Å²) in [6, 6.07) is 0. The average molecular weight is 251 g/mol. The quantitative estimate of drug-likeness (QED) is 0.633. The summed E-state index contributed by atoms with van der Waals surface area (Å²) in [5.74, 6) is 1.58. The Labute approximate surface area is 104 Å². The molecule has 3 heterocycles. The van der Waals surface area contributed by atoms with Crippen molar-refractivity contribution >= 4 is 5.82 Å². The summed E-state index contributed by atoms with van der Waals surface area (Å²) in [6.45, 7) is 3.71. The molecule has 2 saturated heterocycles. The van der Waals surface area contributed by atoms with Crippen LogP contribution in [0.15, 0.2) is 9.59 Å². The first-order valence-corrected chi connectivity index (χ1v) is 6.18. The molecule has 7 heteroatoms. The predicted octanol–water partition coefficient (Wildman–Crippen LogP) is -1.87. The predicted molar refractivity (Wildman–Crippen MR) is 66.8 cm³/mol. The van der Waals surface area contributed by atoms with E-state index in [4.69, 9.17) is 0 Å². The van der Waals surface area contributed by atoms with Crippen molar-refractivity contribution in [2.75, 3.05) is 31.1 Å². The second kappa shape index (κ2) is 3.94. The van der Waals surface area contributed by atoms with Gasteiger partial charge >= 0.3 is 5.69 Å². The standard InChI is InChI=1S/C11H17N5O2/c1-14-10(17)9(13-15(2)11(14)18)16-5-7-3-12-4-8(7)6-16/h7-8,12H,3-6H2,1-2H3. The van der Waals surface area contributed by atoms with E-state index in [9.17, 15) is 9.59 Å². The van der Waals surface area contributed by atoms with Crippen molar-refractivity contribution in [3.8, 4) is 0 Å². The minimum absolute atomic E-state index is 0.300. The molecular weight excluding hydrogens is 234 g/mol. The zero-order chi connectivity index (χ0) is 12.9. The molecule has 0 saturated carbocycles. The lowest BCUT2D eigenvalue weighted by atomic mass is 10.0. The maximum atomic E-state index is 12.1. The Morgan fingerprint density at radius 1 is 1.17 bits per heavy atom. The van der Waals surface area contributed by atoms with Crippen LogP contribution in [0.4, 0.5) is 5.82 Å². The van der Waals surface area contributed by atoms with Gasteiger partial charge in [-0.1, -0.05) is 0 Å². The summed E-state index contributed by atoms with van der Waals surface area (Å²) in [5, 5.41) is 7.48. The lowest BCUT2D eigenvalue weighted by Gasteiger charge is -2.18. The number of aromatic nitrogens is 3. The van der Waals surface area contributed by atoms with Crippen LogP contribution >= 0.6 is 0 Å². The molecule has 0 aliphatic carbocycles. The summed E-state index contributed by atoms with van der Waals surface area (Å²) in [7, 11) is 3.07. The van der Waals surface area contributed by atoms with E-state index in [0.29, 0.717) is 17.7 Å². The summed E-state index contributed by atoms with van der Waals surface area (Å²) >= 11 is 0. The molecule has 0 bridgehead atoms. The molecule has 18 heavy (non-hydrogen) atoms. The maximum Gasteiger partial charge on any atom is 0.346 e. The van der Waals surface area contributed by atoms with E-state index < -0.39 is 0 Å². The van der Waals surface area contributed by atoms with Gasteiger partial charge in [-0.3, -0.25) is 9.36 Å². The third-order valence-electron chi connectivity index (χ3n) is 3.99. The normalized spacial score (nSPS) is 26.7. The van der Waals surface area contributed by atoms with Crippen LogP contribution in [0.2, 0.25) is 0 Å². The van der Waals surface area contributed by atoms with Crippen LogP contribution in [-0.2, 0) is 14.1 Å². The van der Waals surface area contributed by atoms with Crippen molar-refractivity contribution in [2.45, 2.75) is 0 Å². The highest BCUT2D eigenvalue weighted by atomic mass is 16.2. The molecule has 2 aliphatic heterocycles. The van der Waals surface area contributed by atoms with Crippen molar-refractivity contribution in [3.05, 3.63) is 20.8 Å². The molecule has 2 aliphatic rings. The SMILES string of the molecule is Cn1nc(N2CC3CNCC3C2)c(=O)n(C)c1=O. The number of nitrogens with one attached hydrogen (secondary N) is 1. The van der Waals surface area contributed by atoms with Crippen molar-refractivity contribution < 1.29 is 0 Å².